The van der Waals surface area contributed by atoms with Gasteiger partial charge in [-0.25, -0.2) is 0 Å². The van der Waals surface area contributed by atoms with Crippen LogP contribution in [0.4, 0.5) is 0 Å². The molecule has 0 amide bonds. The van der Waals surface area contributed by atoms with Crippen LogP contribution >= 0.6 is 0 Å². The Morgan fingerprint density at radius 2 is 1.91 bits per heavy atom. The minimum Gasteiger partial charge on any atom is -0.285 e. The molecule has 2 atom stereocenters. The molecule has 1 aliphatic rings. The summed E-state index contributed by atoms with van der Waals surface area (Å²) in [4.78, 5) is 2.30. The Labute approximate surface area is 68.8 Å². The minimum atomic E-state index is 0.600. The van der Waals surface area contributed by atoms with E-state index in [1.807, 2.05) is 0 Å². The Hall–Kier alpha value is -0.550. The highest BCUT2D eigenvalue weighted by Gasteiger charge is 2.23. The third-order valence-corrected chi connectivity index (χ3v) is 2.63. The quantitative estimate of drug-likeness (QED) is 0.535. The van der Waals surface area contributed by atoms with Crippen molar-refractivity contribution in [2.45, 2.75) is 45.2 Å². The van der Waals surface area contributed by atoms with E-state index in [9.17, 15) is 0 Å². The molecule has 0 aromatic heterocycles. The molecule has 0 saturated carbocycles. The maximum Gasteiger partial charge on any atom is 0.0870 e. The normalized spacial score (nSPS) is 33.2. The lowest BCUT2D eigenvalue weighted by atomic mass is 9.98. The topological polar surface area (TPSA) is 27.0 Å². The largest absolute Gasteiger partial charge is 0.285 e. The van der Waals surface area contributed by atoms with E-state index in [-0.39, 0.29) is 0 Å². The molecule has 0 aliphatic carbocycles. The first-order valence-electron chi connectivity index (χ1n) is 4.38. The zero-order valence-corrected chi connectivity index (χ0v) is 7.38. The van der Waals surface area contributed by atoms with Crippen LogP contribution in [-0.4, -0.2) is 23.5 Å². The Bertz CT molecular complexity index is 149. The van der Waals surface area contributed by atoms with Crippen LogP contribution in [0.5, 0.6) is 0 Å². The van der Waals surface area contributed by atoms with Crippen LogP contribution in [-0.2, 0) is 0 Å². The lowest BCUT2D eigenvalue weighted by Gasteiger charge is -2.37. The third-order valence-electron chi connectivity index (χ3n) is 2.63. The standard InChI is InChI=1S/C9H16N2/c1-8-4-3-5-9(2)11(8)7-6-10/h8-9H,3-5,7H2,1-2H3/t8-,9?/m1/s1. The van der Waals surface area contributed by atoms with Crippen molar-refractivity contribution in [3.63, 3.8) is 0 Å². The van der Waals surface area contributed by atoms with E-state index in [0.717, 1.165) is 0 Å². The first kappa shape index (κ1) is 8.55. The monoisotopic (exact) mass is 152 g/mol. The molecule has 2 heteroatoms. The van der Waals surface area contributed by atoms with E-state index in [2.05, 4.69) is 24.8 Å². The van der Waals surface area contributed by atoms with Gasteiger partial charge in [-0.3, -0.25) is 4.90 Å². The number of hydrogen-bond acceptors (Lipinski definition) is 2. The minimum absolute atomic E-state index is 0.600. The number of hydrogen-bond donors (Lipinski definition) is 0. The summed E-state index contributed by atoms with van der Waals surface area (Å²) in [5.41, 5.74) is 0. The van der Waals surface area contributed by atoms with Crippen molar-refractivity contribution in [1.82, 2.24) is 4.90 Å². The maximum atomic E-state index is 8.56. The van der Waals surface area contributed by atoms with Gasteiger partial charge in [-0.1, -0.05) is 6.42 Å². The Morgan fingerprint density at radius 3 is 2.36 bits per heavy atom. The molecule has 0 bridgehead atoms. The van der Waals surface area contributed by atoms with Crippen LogP contribution in [0.1, 0.15) is 33.1 Å². The molecule has 0 radical (unpaired) electrons. The van der Waals surface area contributed by atoms with E-state index in [4.69, 9.17) is 5.26 Å². The van der Waals surface area contributed by atoms with Gasteiger partial charge in [0.15, 0.2) is 0 Å². The number of likely N-dealkylation sites (tertiary alicyclic amines) is 1. The number of rotatable bonds is 1. The van der Waals surface area contributed by atoms with Gasteiger partial charge in [-0.2, -0.15) is 5.26 Å². The second-order valence-corrected chi connectivity index (χ2v) is 3.46. The Balaban J connectivity index is 2.49. The van der Waals surface area contributed by atoms with Crippen molar-refractivity contribution in [3.05, 3.63) is 0 Å². The predicted octanol–water partition coefficient (Wildman–Crippen LogP) is 1.77. The van der Waals surface area contributed by atoms with Crippen LogP contribution in [0, 0.1) is 11.3 Å². The predicted molar refractivity (Wildman–Crippen MR) is 45.1 cm³/mol. The first-order valence-corrected chi connectivity index (χ1v) is 4.38. The van der Waals surface area contributed by atoms with Crippen molar-refractivity contribution in [2.75, 3.05) is 6.54 Å². The fourth-order valence-corrected chi connectivity index (χ4v) is 1.87. The first-order chi connectivity index (χ1) is 5.25. The zero-order valence-electron chi connectivity index (χ0n) is 7.38. The molecule has 1 rings (SSSR count). The van der Waals surface area contributed by atoms with Crippen LogP contribution in [0.25, 0.3) is 0 Å². The Morgan fingerprint density at radius 1 is 1.36 bits per heavy atom. The maximum absolute atomic E-state index is 8.56. The van der Waals surface area contributed by atoms with Gasteiger partial charge in [-0.05, 0) is 26.7 Å². The summed E-state index contributed by atoms with van der Waals surface area (Å²) in [5, 5.41) is 8.56. The van der Waals surface area contributed by atoms with Crippen LogP contribution in [0.15, 0.2) is 0 Å². The summed E-state index contributed by atoms with van der Waals surface area (Å²) >= 11 is 0. The molecular weight excluding hydrogens is 136 g/mol. The number of nitriles is 1. The van der Waals surface area contributed by atoms with E-state index in [1.54, 1.807) is 0 Å². The highest BCUT2D eigenvalue weighted by molar-refractivity contribution is 4.86. The lowest BCUT2D eigenvalue weighted by Crippen LogP contribution is -2.43. The summed E-state index contributed by atoms with van der Waals surface area (Å²) in [7, 11) is 0. The molecule has 2 nitrogen and oxygen atoms in total. The van der Waals surface area contributed by atoms with Crippen molar-refractivity contribution in [3.8, 4) is 6.07 Å². The van der Waals surface area contributed by atoms with Gasteiger partial charge in [0, 0.05) is 12.1 Å². The molecule has 1 aliphatic heterocycles. The van der Waals surface area contributed by atoms with Crippen LogP contribution < -0.4 is 0 Å². The zero-order chi connectivity index (χ0) is 8.27. The lowest BCUT2D eigenvalue weighted by molar-refractivity contribution is 0.121. The summed E-state index contributed by atoms with van der Waals surface area (Å²) in [6.45, 7) is 5.03. The second kappa shape index (κ2) is 3.73. The number of nitrogens with zero attached hydrogens (tertiary/aromatic N) is 2. The van der Waals surface area contributed by atoms with E-state index < -0.39 is 0 Å². The Kier molecular flexibility index (Phi) is 2.90. The molecule has 0 aromatic rings. The molecule has 1 heterocycles. The molecule has 0 N–H and O–H groups in total. The molecule has 11 heavy (non-hydrogen) atoms. The highest BCUT2D eigenvalue weighted by atomic mass is 15.2. The SMILES string of the molecule is CC1CCC[C@@H](C)N1CC#N. The summed E-state index contributed by atoms with van der Waals surface area (Å²) in [5.74, 6) is 0. The van der Waals surface area contributed by atoms with E-state index in [1.165, 1.54) is 19.3 Å². The van der Waals surface area contributed by atoms with Gasteiger partial charge in [0.2, 0.25) is 0 Å². The summed E-state index contributed by atoms with van der Waals surface area (Å²) < 4.78 is 0. The van der Waals surface area contributed by atoms with Crippen molar-refractivity contribution >= 4 is 0 Å². The van der Waals surface area contributed by atoms with Crippen LogP contribution in [0.2, 0.25) is 0 Å². The van der Waals surface area contributed by atoms with Gasteiger partial charge in [-0.15, -0.1) is 0 Å². The van der Waals surface area contributed by atoms with Crippen molar-refractivity contribution in [1.29, 1.82) is 5.26 Å². The fraction of sp³-hybridized carbons (Fsp3) is 0.889. The molecular formula is C9H16N2. The van der Waals surface area contributed by atoms with Crippen molar-refractivity contribution in [2.24, 2.45) is 0 Å². The van der Waals surface area contributed by atoms with E-state index in [0.29, 0.717) is 18.6 Å². The van der Waals surface area contributed by atoms with Gasteiger partial charge >= 0.3 is 0 Å². The summed E-state index contributed by atoms with van der Waals surface area (Å²) in [6, 6.07) is 3.44. The highest BCUT2D eigenvalue weighted by Crippen LogP contribution is 2.21. The second-order valence-electron chi connectivity index (χ2n) is 3.46. The fourth-order valence-electron chi connectivity index (χ4n) is 1.87. The van der Waals surface area contributed by atoms with E-state index >= 15 is 0 Å². The molecule has 1 saturated heterocycles. The van der Waals surface area contributed by atoms with Gasteiger partial charge in [0.05, 0.1) is 12.6 Å². The van der Waals surface area contributed by atoms with Gasteiger partial charge in [0.1, 0.15) is 0 Å². The summed E-state index contributed by atoms with van der Waals surface area (Å²) in [6.07, 6.45) is 3.84. The smallest absolute Gasteiger partial charge is 0.0870 e. The van der Waals surface area contributed by atoms with Crippen molar-refractivity contribution < 1.29 is 0 Å². The average Bonchev–Trinajstić information content (AvgIpc) is 1.97. The molecule has 1 unspecified atom stereocenters. The average molecular weight is 152 g/mol. The molecule has 1 fully saturated rings. The molecule has 0 spiro atoms. The molecule has 62 valence electrons. The number of piperidine rings is 1. The van der Waals surface area contributed by atoms with Crippen LogP contribution in [0.3, 0.4) is 0 Å². The van der Waals surface area contributed by atoms with Gasteiger partial charge < -0.3 is 0 Å². The molecule has 0 aromatic carbocycles. The third kappa shape index (κ3) is 1.94. The van der Waals surface area contributed by atoms with Gasteiger partial charge in [0.25, 0.3) is 0 Å².